The van der Waals surface area contributed by atoms with E-state index in [1.807, 2.05) is 36.4 Å². The molecule has 0 fully saturated rings. The molecular formula is C17H20N4O. The number of aromatic nitrogens is 2. The van der Waals surface area contributed by atoms with Crippen LogP contribution in [0.4, 0.5) is 0 Å². The molecule has 0 aliphatic rings. The molecule has 0 unspecified atom stereocenters. The van der Waals surface area contributed by atoms with Crippen molar-refractivity contribution in [3.05, 3.63) is 59.4 Å². The maximum Gasteiger partial charge on any atom is 0.291 e. The van der Waals surface area contributed by atoms with Gasteiger partial charge in [0.25, 0.3) is 5.91 Å². The van der Waals surface area contributed by atoms with Crippen molar-refractivity contribution in [2.45, 2.75) is 26.2 Å². The molecule has 2 N–H and O–H groups in total. The number of nitrogens with one attached hydrogen (secondary N) is 2. The van der Waals surface area contributed by atoms with Gasteiger partial charge >= 0.3 is 0 Å². The summed E-state index contributed by atoms with van der Waals surface area (Å²) in [5.74, 6) is -0.337. The lowest BCUT2D eigenvalue weighted by Crippen LogP contribution is -2.17. The quantitative estimate of drug-likeness (QED) is 0.672. The third-order valence-corrected chi connectivity index (χ3v) is 3.03. The molecule has 1 amide bonds. The van der Waals surface area contributed by atoms with Crippen molar-refractivity contribution in [1.29, 1.82) is 0 Å². The third-order valence-electron chi connectivity index (χ3n) is 3.03. The topological polar surface area (TPSA) is 70.1 Å². The van der Waals surface area contributed by atoms with Gasteiger partial charge in [0, 0.05) is 17.3 Å². The van der Waals surface area contributed by atoms with E-state index in [4.69, 9.17) is 0 Å². The van der Waals surface area contributed by atoms with Crippen LogP contribution in [-0.2, 0) is 5.41 Å². The van der Waals surface area contributed by atoms with E-state index < -0.39 is 0 Å². The third kappa shape index (κ3) is 4.41. The van der Waals surface area contributed by atoms with E-state index in [-0.39, 0.29) is 11.3 Å². The second kappa shape index (κ2) is 6.85. The highest BCUT2D eigenvalue weighted by molar-refractivity contribution is 5.93. The summed E-state index contributed by atoms with van der Waals surface area (Å²) in [6, 6.07) is 11.6. The molecule has 2 aromatic rings. The summed E-state index contributed by atoms with van der Waals surface area (Å²) in [5.41, 5.74) is 4.68. The Kier molecular flexibility index (Phi) is 4.88. The number of aromatic amines is 1. The molecule has 0 aliphatic carbocycles. The van der Waals surface area contributed by atoms with Crippen molar-refractivity contribution in [3.63, 3.8) is 0 Å². The monoisotopic (exact) mass is 296 g/mol. The summed E-state index contributed by atoms with van der Waals surface area (Å²) in [7, 11) is 0. The van der Waals surface area contributed by atoms with Crippen LogP contribution in [0.1, 0.15) is 42.5 Å². The average Bonchev–Trinajstić information content (AvgIpc) is 2.98. The largest absolute Gasteiger partial charge is 0.291 e. The highest BCUT2D eigenvalue weighted by Gasteiger charge is 2.18. The number of rotatable bonds is 4. The zero-order valence-corrected chi connectivity index (χ0v) is 13.0. The van der Waals surface area contributed by atoms with Gasteiger partial charge in [0.05, 0.1) is 0 Å². The first-order chi connectivity index (χ1) is 10.5. The van der Waals surface area contributed by atoms with Gasteiger partial charge in [-0.05, 0) is 17.7 Å². The molecule has 0 saturated carbocycles. The van der Waals surface area contributed by atoms with Gasteiger partial charge < -0.3 is 0 Å². The van der Waals surface area contributed by atoms with Gasteiger partial charge in [-0.1, -0.05) is 57.2 Å². The van der Waals surface area contributed by atoms with Crippen LogP contribution in [0.25, 0.3) is 6.08 Å². The SMILES string of the molecule is CC(C)(C)c1cc(C(=O)N/N=C/C=C/c2ccccc2)n[nH]1. The number of hydrogen-bond acceptors (Lipinski definition) is 3. The molecule has 0 saturated heterocycles. The lowest BCUT2D eigenvalue weighted by atomic mass is 9.92. The molecule has 0 aliphatic heterocycles. The standard InChI is InChI=1S/C17H20N4O/c1-17(2,3)15-12-14(19-20-15)16(22)21-18-11-7-10-13-8-5-4-6-9-13/h4-12H,1-3H3,(H,19,20)(H,21,22)/b10-7+,18-11+. The first-order valence-corrected chi connectivity index (χ1v) is 7.08. The predicted octanol–water partition coefficient (Wildman–Crippen LogP) is 3.14. The molecule has 5 nitrogen and oxygen atoms in total. The number of nitrogens with zero attached hydrogens (tertiary/aromatic N) is 2. The number of amides is 1. The van der Waals surface area contributed by atoms with Crippen molar-refractivity contribution in [2.75, 3.05) is 0 Å². The van der Waals surface area contributed by atoms with Crippen LogP contribution < -0.4 is 5.43 Å². The van der Waals surface area contributed by atoms with Gasteiger partial charge in [0.1, 0.15) is 0 Å². The van der Waals surface area contributed by atoms with Crippen LogP contribution in [0.5, 0.6) is 0 Å². The molecule has 114 valence electrons. The summed E-state index contributed by atoms with van der Waals surface area (Å²) in [4.78, 5) is 11.9. The molecule has 0 bridgehead atoms. The summed E-state index contributed by atoms with van der Waals surface area (Å²) < 4.78 is 0. The molecular weight excluding hydrogens is 276 g/mol. The Morgan fingerprint density at radius 1 is 1.27 bits per heavy atom. The van der Waals surface area contributed by atoms with Crippen LogP contribution in [0.2, 0.25) is 0 Å². The zero-order valence-electron chi connectivity index (χ0n) is 13.0. The van der Waals surface area contributed by atoms with Crippen molar-refractivity contribution >= 4 is 18.2 Å². The van der Waals surface area contributed by atoms with Gasteiger partial charge in [-0.3, -0.25) is 9.89 Å². The number of benzene rings is 1. The second-order valence-electron chi connectivity index (χ2n) is 5.91. The van der Waals surface area contributed by atoms with Crippen molar-refractivity contribution in [2.24, 2.45) is 5.10 Å². The number of carbonyl (C=O) groups is 1. The molecule has 0 spiro atoms. The van der Waals surface area contributed by atoms with Crippen LogP contribution in [0, 0.1) is 0 Å². The first kappa shape index (κ1) is 15.7. The molecule has 22 heavy (non-hydrogen) atoms. The Morgan fingerprint density at radius 2 is 2.00 bits per heavy atom. The van der Waals surface area contributed by atoms with Crippen molar-refractivity contribution in [1.82, 2.24) is 15.6 Å². The van der Waals surface area contributed by atoms with E-state index in [0.29, 0.717) is 5.69 Å². The van der Waals surface area contributed by atoms with Gasteiger partial charge in [0.15, 0.2) is 5.69 Å². The van der Waals surface area contributed by atoms with Gasteiger partial charge in [-0.2, -0.15) is 10.2 Å². The average molecular weight is 296 g/mol. The fourth-order valence-corrected chi connectivity index (χ4v) is 1.74. The van der Waals surface area contributed by atoms with E-state index in [2.05, 4.69) is 41.5 Å². The van der Waals surface area contributed by atoms with E-state index >= 15 is 0 Å². The molecule has 1 aromatic carbocycles. The molecule has 0 atom stereocenters. The lowest BCUT2D eigenvalue weighted by Gasteiger charge is -2.14. The first-order valence-electron chi connectivity index (χ1n) is 7.08. The fourth-order valence-electron chi connectivity index (χ4n) is 1.74. The Hall–Kier alpha value is -2.69. The molecule has 1 heterocycles. The zero-order chi connectivity index (χ0) is 16.0. The minimum atomic E-state index is -0.337. The molecule has 5 heteroatoms. The number of hydrazone groups is 1. The summed E-state index contributed by atoms with van der Waals surface area (Å²) >= 11 is 0. The summed E-state index contributed by atoms with van der Waals surface area (Å²) in [5, 5.41) is 10.7. The molecule has 2 rings (SSSR count). The minimum Gasteiger partial charge on any atom is -0.281 e. The van der Waals surface area contributed by atoms with Gasteiger partial charge in [0.2, 0.25) is 0 Å². The molecule has 0 radical (unpaired) electrons. The van der Waals surface area contributed by atoms with Gasteiger partial charge in [-0.15, -0.1) is 0 Å². The normalized spacial score (nSPS) is 12.1. The van der Waals surface area contributed by atoms with Crippen LogP contribution in [0.15, 0.2) is 47.6 Å². The van der Waals surface area contributed by atoms with Crippen LogP contribution in [0.3, 0.4) is 0 Å². The van der Waals surface area contributed by atoms with E-state index in [1.54, 1.807) is 12.1 Å². The fraction of sp³-hybridized carbons (Fsp3) is 0.235. The smallest absolute Gasteiger partial charge is 0.281 e. The summed E-state index contributed by atoms with van der Waals surface area (Å²) in [6.07, 6.45) is 5.20. The number of carbonyl (C=O) groups excluding carboxylic acids is 1. The Labute approximate surface area is 130 Å². The number of H-pyrrole nitrogens is 1. The maximum absolute atomic E-state index is 11.9. The highest BCUT2D eigenvalue weighted by atomic mass is 16.2. The summed E-state index contributed by atoms with van der Waals surface area (Å²) in [6.45, 7) is 6.15. The number of allylic oxidation sites excluding steroid dienone is 1. The van der Waals surface area contributed by atoms with E-state index in [9.17, 15) is 4.79 Å². The lowest BCUT2D eigenvalue weighted by molar-refractivity contribution is 0.0950. The minimum absolute atomic E-state index is 0.0762. The Balaban J connectivity index is 1.89. The highest BCUT2D eigenvalue weighted by Crippen LogP contribution is 2.20. The van der Waals surface area contributed by atoms with Gasteiger partial charge in [-0.25, -0.2) is 5.43 Å². The van der Waals surface area contributed by atoms with Crippen LogP contribution in [-0.4, -0.2) is 22.3 Å². The second-order valence-corrected chi connectivity index (χ2v) is 5.91. The predicted molar refractivity (Wildman–Crippen MR) is 88.7 cm³/mol. The molecule has 1 aromatic heterocycles. The van der Waals surface area contributed by atoms with Crippen molar-refractivity contribution in [3.8, 4) is 0 Å². The Bertz CT molecular complexity index is 678. The van der Waals surface area contributed by atoms with Crippen LogP contribution >= 0.6 is 0 Å². The van der Waals surface area contributed by atoms with Crippen molar-refractivity contribution < 1.29 is 4.79 Å². The van der Waals surface area contributed by atoms with E-state index in [0.717, 1.165) is 11.3 Å². The Morgan fingerprint density at radius 3 is 2.64 bits per heavy atom. The maximum atomic E-state index is 11.9. The number of hydrogen-bond donors (Lipinski definition) is 2. The van der Waals surface area contributed by atoms with E-state index in [1.165, 1.54) is 6.21 Å².